The molecule has 1 aromatic carbocycles. The molecule has 90 valence electrons. The second kappa shape index (κ2) is 6.00. The predicted octanol–water partition coefficient (Wildman–Crippen LogP) is 4.20. The molecule has 0 bridgehead atoms. The van der Waals surface area contributed by atoms with Crippen LogP contribution in [-0.2, 0) is 0 Å². The molecule has 0 saturated heterocycles. The van der Waals surface area contributed by atoms with Gasteiger partial charge in [0.15, 0.2) is 0 Å². The zero-order valence-corrected chi connectivity index (χ0v) is 11.1. The van der Waals surface area contributed by atoms with Gasteiger partial charge in [0, 0.05) is 11.1 Å². The predicted molar refractivity (Wildman–Crippen MR) is 70.5 cm³/mol. The smallest absolute Gasteiger partial charge is 0.142 e. The molecule has 0 saturated carbocycles. The molecule has 3 heteroatoms. The molecule has 2 nitrogen and oxygen atoms in total. The van der Waals surface area contributed by atoms with E-state index in [1.54, 1.807) is 7.11 Å². The normalized spacial score (nSPS) is 12.6. The fourth-order valence-electron chi connectivity index (χ4n) is 1.82. The highest BCUT2D eigenvalue weighted by atomic mass is 35.5. The third-order valence-electron chi connectivity index (χ3n) is 2.39. The molecule has 0 aliphatic carbocycles. The number of methoxy groups -OCH3 is 1. The van der Waals surface area contributed by atoms with E-state index in [2.05, 4.69) is 26.1 Å². The van der Waals surface area contributed by atoms with E-state index >= 15 is 0 Å². The first-order valence-corrected chi connectivity index (χ1v) is 6.00. The van der Waals surface area contributed by atoms with Gasteiger partial charge in [0.25, 0.3) is 0 Å². The van der Waals surface area contributed by atoms with E-state index in [0.29, 0.717) is 12.0 Å². The van der Waals surface area contributed by atoms with E-state index in [1.165, 1.54) is 0 Å². The van der Waals surface area contributed by atoms with Gasteiger partial charge in [-0.1, -0.05) is 25.4 Å². The van der Waals surface area contributed by atoms with Crippen molar-refractivity contribution in [2.24, 2.45) is 5.92 Å². The van der Waals surface area contributed by atoms with Crippen LogP contribution in [0.15, 0.2) is 18.2 Å². The lowest BCUT2D eigenvalue weighted by Gasteiger charge is -2.19. The maximum Gasteiger partial charge on any atom is 0.142 e. The van der Waals surface area contributed by atoms with Gasteiger partial charge < -0.3 is 10.1 Å². The highest BCUT2D eigenvalue weighted by molar-refractivity contribution is 6.30. The van der Waals surface area contributed by atoms with Crippen LogP contribution in [0, 0.1) is 5.92 Å². The van der Waals surface area contributed by atoms with Crippen LogP contribution in [0.3, 0.4) is 0 Å². The zero-order chi connectivity index (χ0) is 12.1. The summed E-state index contributed by atoms with van der Waals surface area (Å²) in [4.78, 5) is 0. The fraction of sp³-hybridized carbons (Fsp3) is 0.538. The summed E-state index contributed by atoms with van der Waals surface area (Å²) in [7, 11) is 1.67. The molecule has 1 aromatic rings. The summed E-state index contributed by atoms with van der Waals surface area (Å²) in [5.74, 6) is 1.51. The van der Waals surface area contributed by atoms with Crippen molar-refractivity contribution in [1.82, 2.24) is 0 Å². The van der Waals surface area contributed by atoms with Crippen LogP contribution in [0.2, 0.25) is 5.02 Å². The Labute approximate surface area is 103 Å². The van der Waals surface area contributed by atoms with Gasteiger partial charge in [-0.25, -0.2) is 0 Å². The number of halogens is 1. The molecule has 0 heterocycles. The average Bonchev–Trinajstić information content (AvgIpc) is 2.16. The molecule has 16 heavy (non-hydrogen) atoms. The van der Waals surface area contributed by atoms with E-state index in [1.807, 2.05) is 18.2 Å². The summed E-state index contributed by atoms with van der Waals surface area (Å²) in [5.41, 5.74) is 0.961. The van der Waals surface area contributed by atoms with E-state index < -0.39 is 0 Å². The van der Waals surface area contributed by atoms with Gasteiger partial charge in [-0.15, -0.1) is 0 Å². The standard InChI is InChI=1S/C13H20ClNO/c1-9(2)7-10(3)15-12-8-11(14)5-6-13(12)16-4/h5-6,8-10,15H,7H2,1-4H3. The van der Waals surface area contributed by atoms with Gasteiger partial charge in [-0.2, -0.15) is 0 Å². The van der Waals surface area contributed by atoms with E-state index in [9.17, 15) is 0 Å². The van der Waals surface area contributed by atoms with Crippen LogP contribution in [0.4, 0.5) is 5.69 Å². The Hall–Kier alpha value is -0.890. The van der Waals surface area contributed by atoms with Crippen molar-refractivity contribution < 1.29 is 4.74 Å². The Bertz CT molecular complexity index is 339. The fourth-order valence-corrected chi connectivity index (χ4v) is 2.00. The van der Waals surface area contributed by atoms with Crippen molar-refractivity contribution in [1.29, 1.82) is 0 Å². The summed E-state index contributed by atoms with van der Waals surface area (Å²) in [6, 6.07) is 6.02. The van der Waals surface area contributed by atoms with Crippen molar-refractivity contribution in [3.8, 4) is 5.75 Å². The Morgan fingerprint density at radius 3 is 2.56 bits per heavy atom. The maximum atomic E-state index is 5.97. The Kier molecular flexibility index (Phi) is 4.94. The van der Waals surface area contributed by atoms with Gasteiger partial charge in [-0.05, 0) is 37.5 Å². The summed E-state index contributed by atoms with van der Waals surface area (Å²) < 4.78 is 5.29. The van der Waals surface area contributed by atoms with Gasteiger partial charge in [0.05, 0.1) is 12.8 Å². The first kappa shape index (κ1) is 13.2. The second-order valence-electron chi connectivity index (χ2n) is 4.52. The van der Waals surface area contributed by atoms with E-state index in [4.69, 9.17) is 16.3 Å². The first-order chi connectivity index (χ1) is 7.52. The minimum absolute atomic E-state index is 0.410. The topological polar surface area (TPSA) is 21.3 Å². The van der Waals surface area contributed by atoms with Gasteiger partial charge in [0.1, 0.15) is 5.75 Å². The van der Waals surface area contributed by atoms with Crippen molar-refractivity contribution in [3.63, 3.8) is 0 Å². The number of rotatable bonds is 5. The number of anilines is 1. The van der Waals surface area contributed by atoms with E-state index in [-0.39, 0.29) is 0 Å². The average molecular weight is 242 g/mol. The zero-order valence-electron chi connectivity index (χ0n) is 10.4. The van der Waals surface area contributed by atoms with Crippen molar-refractivity contribution in [2.75, 3.05) is 12.4 Å². The molecule has 0 spiro atoms. The highest BCUT2D eigenvalue weighted by Gasteiger charge is 2.09. The van der Waals surface area contributed by atoms with Crippen LogP contribution in [0.1, 0.15) is 27.2 Å². The van der Waals surface area contributed by atoms with Gasteiger partial charge >= 0.3 is 0 Å². The Morgan fingerprint density at radius 2 is 2.00 bits per heavy atom. The number of benzene rings is 1. The van der Waals surface area contributed by atoms with Gasteiger partial charge in [0.2, 0.25) is 0 Å². The van der Waals surface area contributed by atoms with Crippen LogP contribution >= 0.6 is 11.6 Å². The van der Waals surface area contributed by atoms with Crippen LogP contribution in [0.25, 0.3) is 0 Å². The number of nitrogens with one attached hydrogen (secondary N) is 1. The first-order valence-electron chi connectivity index (χ1n) is 5.63. The molecule has 1 rings (SSSR count). The lowest BCUT2D eigenvalue weighted by molar-refractivity contribution is 0.415. The molecule has 0 aliphatic rings. The second-order valence-corrected chi connectivity index (χ2v) is 4.96. The van der Waals surface area contributed by atoms with Gasteiger partial charge in [-0.3, -0.25) is 0 Å². The minimum Gasteiger partial charge on any atom is -0.495 e. The van der Waals surface area contributed by atoms with Crippen LogP contribution < -0.4 is 10.1 Å². The molecule has 1 unspecified atom stereocenters. The quantitative estimate of drug-likeness (QED) is 0.835. The lowest BCUT2D eigenvalue weighted by Crippen LogP contribution is -2.17. The highest BCUT2D eigenvalue weighted by Crippen LogP contribution is 2.28. The van der Waals surface area contributed by atoms with Crippen LogP contribution in [-0.4, -0.2) is 13.2 Å². The summed E-state index contributed by atoms with van der Waals surface area (Å²) in [6.07, 6.45) is 1.12. The molecule has 0 radical (unpaired) electrons. The number of hydrogen-bond acceptors (Lipinski definition) is 2. The van der Waals surface area contributed by atoms with Crippen molar-refractivity contribution >= 4 is 17.3 Å². The molecule has 1 N–H and O–H groups in total. The molecule has 1 atom stereocenters. The molecule has 0 aliphatic heterocycles. The molecule has 0 fully saturated rings. The van der Waals surface area contributed by atoms with Crippen LogP contribution in [0.5, 0.6) is 5.75 Å². The molecular formula is C13H20ClNO. The lowest BCUT2D eigenvalue weighted by atomic mass is 10.1. The summed E-state index contributed by atoms with van der Waals surface area (Å²) in [6.45, 7) is 6.60. The van der Waals surface area contributed by atoms with Crippen molar-refractivity contribution in [2.45, 2.75) is 33.2 Å². The molecule has 0 amide bonds. The Balaban J connectivity index is 2.74. The number of hydrogen-bond donors (Lipinski definition) is 1. The maximum absolute atomic E-state index is 5.97. The number of ether oxygens (including phenoxy) is 1. The molecular weight excluding hydrogens is 222 g/mol. The third-order valence-corrected chi connectivity index (χ3v) is 2.62. The monoisotopic (exact) mass is 241 g/mol. The summed E-state index contributed by atoms with van der Waals surface area (Å²) in [5, 5.41) is 4.15. The minimum atomic E-state index is 0.410. The summed E-state index contributed by atoms with van der Waals surface area (Å²) >= 11 is 5.97. The molecule has 0 aromatic heterocycles. The van der Waals surface area contributed by atoms with Crippen molar-refractivity contribution in [3.05, 3.63) is 23.2 Å². The third kappa shape index (κ3) is 3.93. The Morgan fingerprint density at radius 1 is 1.31 bits per heavy atom. The van der Waals surface area contributed by atoms with E-state index in [0.717, 1.165) is 22.9 Å². The SMILES string of the molecule is COc1ccc(Cl)cc1NC(C)CC(C)C. The largest absolute Gasteiger partial charge is 0.495 e.